The van der Waals surface area contributed by atoms with E-state index in [4.69, 9.17) is 14.2 Å². The number of ether oxygens (including phenoxy) is 5. The summed E-state index contributed by atoms with van der Waals surface area (Å²) in [5, 5.41) is -0.266. The summed E-state index contributed by atoms with van der Waals surface area (Å²) < 4.78 is 183. The molecular formula is C32H48F12O9Si. The summed E-state index contributed by atoms with van der Waals surface area (Å²) in [4.78, 5) is 50.8. The second-order valence-electron chi connectivity index (χ2n) is 15.6. The smallest absolute Gasteiger partial charge is 0.434 e. The van der Waals surface area contributed by atoms with Gasteiger partial charge >= 0.3 is 48.6 Å². The average molecular weight is 833 g/mol. The zero-order chi connectivity index (χ0) is 43.3. The summed E-state index contributed by atoms with van der Waals surface area (Å²) in [6.45, 7) is 15.1. The number of halogens is 12. The first-order chi connectivity index (χ1) is 23.7. The molecule has 0 aromatic rings. The molecule has 0 heterocycles. The maximum atomic E-state index is 13.4. The normalized spacial score (nSPS) is 16.7. The van der Waals surface area contributed by atoms with Gasteiger partial charge in [0.15, 0.2) is 0 Å². The van der Waals surface area contributed by atoms with Crippen LogP contribution in [-0.4, -0.2) is 94.3 Å². The summed E-state index contributed by atoms with van der Waals surface area (Å²) in [6.07, 6.45) is -38.0. The van der Waals surface area contributed by atoms with Crippen LogP contribution in [0, 0.1) is 17.3 Å². The Bertz CT molecular complexity index is 1260. The molecule has 4 unspecified atom stereocenters. The molecule has 0 aromatic carbocycles. The van der Waals surface area contributed by atoms with Gasteiger partial charge in [-0.2, -0.15) is 52.7 Å². The molecule has 0 bridgehead atoms. The predicted octanol–water partition coefficient (Wildman–Crippen LogP) is 8.90. The lowest BCUT2D eigenvalue weighted by Gasteiger charge is -2.40. The van der Waals surface area contributed by atoms with Crippen LogP contribution in [-0.2, 0) is 42.9 Å². The van der Waals surface area contributed by atoms with Crippen LogP contribution in [0.25, 0.3) is 0 Å². The van der Waals surface area contributed by atoms with Gasteiger partial charge < -0.3 is 23.7 Å². The molecule has 0 N–H and O–H groups in total. The second kappa shape index (κ2) is 18.0. The molecule has 0 aliphatic rings. The Balaban J connectivity index is 7.29. The van der Waals surface area contributed by atoms with Gasteiger partial charge in [0.25, 0.3) is 12.2 Å². The lowest BCUT2D eigenvalue weighted by Crippen LogP contribution is -2.50. The fourth-order valence-corrected chi connectivity index (χ4v) is 5.98. The first kappa shape index (κ1) is 51.2. The summed E-state index contributed by atoms with van der Waals surface area (Å²) >= 11 is 0. The molecule has 0 fully saturated rings. The van der Waals surface area contributed by atoms with E-state index in [0.29, 0.717) is 13.3 Å². The second-order valence-corrected chi connectivity index (χ2v) is 21.5. The Labute approximate surface area is 306 Å². The number of hydrogen-bond acceptors (Lipinski definition) is 9. The van der Waals surface area contributed by atoms with Crippen LogP contribution >= 0.6 is 0 Å². The molecule has 0 spiro atoms. The Morgan fingerprint density at radius 3 is 1.41 bits per heavy atom. The van der Waals surface area contributed by atoms with E-state index in [1.807, 2.05) is 13.8 Å². The van der Waals surface area contributed by atoms with Crippen molar-refractivity contribution in [2.24, 2.45) is 17.3 Å². The van der Waals surface area contributed by atoms with E-state index in [1.165, 1.54) is 13.8 Å². The lowest BCUT2D eigenvalue weighted by atomic mass is 9.78. The van der Waals surface area contributed by atoms with Crippen molar-refractivity contribution in [2.45, 2.75) is 147 Å². The van der Waals surface area contributed by atoms with E-state index < -0.39 is 111 Å². The number of alkyl halides is 12. The van der Waals surface area contributed by atoms with Crippen molar-refractivity contribution in [3.8, 4) is 0 Å². The van der Waals surface area contributed by atoms with Gasteiger partial charge in [0.1, 0.15) is 5.60 Å². The fourth-order valence-electron chi connectivity index (χ4n) is 5.13. The minimum absolute atomic E-state index is 0.0291. The lowest BCUT2D eigenvalue weighted by molar-refractivity contribution is -0.317. The summed E-state index contributed by atoms with van der Waals surface area (Å²) in [5.41, 5.74) is -3.67. The highest BCUT2D eigenvalue weighted by Gasteiger charge is 2.62. The van der Waals surface area contributed by atoms with E-state index in [2.05, 4.69) is 29.1 Å². The van der Waals surface area contributed by atoms with Gasteiger partial charge in [-0.15, -0.1) is 0 Å². The van der Waals surface area contributed by atoms with Crippen molar-refractivity contribution >= 4 is 32.0 Å². The van der Waals surface area contributed by atoms with Crippen molar-refractivity contribution in [1.82, 2.24) is 0 Å². The number of hydrogen-bond donors (Lipinski definition) is 0. The highest BCUT2D eigenvalue weighted by Crippen LogP contribution is 2.43. The van der Waals surface area contributed by atoms with Crippen LogP contribution in [0.5, 0.6) is 0 Å². The number of carbonyl (C=O) groups is 4. The van der Waals surface area contributed by atoms with Gasteiger partial charge in [0, 0.05) is 34.4 Å². The fraction of sp³-hybridized carbons (Fsp3) is 0.875. The molecule has 22 heteroatoms. The van der Waals surface area contributed by atoms with E-state index in [9.17, 15) is 71.9 Å². The predicted molar refractivity (Wildman–Crippen MR) is 168 cm³/mol. The molecule has 0 aliphatic heterocycles. The SMILES string of the molecule is COC(=O)C(C)(C)CC(CC(C)(CC(C(=O)OC(C(F)(F)F)C(F)(F)F)C(C)C(=O)OC(C(F)(F)F)C(F)(F)F)OC(C)=O)OCCC(C)(C)[Si](C)(C)C. The van der Waals surface area contributed by atoms with E-state index in [1.54, 1.807) is 0 Å². The molecular weight excluding hydrogens is 784 g/mol. The monoisotopic (exact) mass is 832 g/mol. The Morgan fingerprint density at radius 1 is 0.648 bits per heavy atom. The standard InChI is InChI=1S/C32H48F12O9Si/c1-17(21(46)51-23(29(33,34)35)30(36,37)38)20(22(47)52-24(31(39,40)41)32(42,43)44)16-28(7,53-18(2)45)15-19(14-26(3,4)25(48)49-8)50-13-12-27(5,6)54(9,10)11/h17,19-20,23-24H,12-16H2,1-11H3. The Kier molecular flexibility index (Phi) is 17.1. The zero-order valence-electron chi connectivity index (χ0n) is 31.6. The van der Waals surface area contributed by atoms with Gasteiger partial charge in [-0.25, -0.2) is 0 Å². The minimum Gasteiger partial charge on any atom is -0.469 e. The quantitative estimate of drug-likeness (QED) is 0.0578. The molecule has 0 aromatic heterocycles. The number of methoxy groups -OCH3 is 1. The topological polar surface area (TPSA) is 114 Å². The maximum Gasteiger partial charge on any atom is 0.434 e. The first-order valence-corrected chi connectivity index (χ1v) is 19.8. The van der Waals surface area contributed by atoms with E-state index in [0.717, 1.165) is 21.0 Å². The summed E-state index contributed by atoms with van der Waals surface area (Å²) in [6, 6.07) is 0. The Hall–Kier alpha value is -2.78. The molecule has 318 valence electrons. The van der Waals surface area contributed by atoms with E-state index >= 15 is 0 Å². The van der Waals surface area contributed by atoms with Crippen molar-refractivity contribution in [3.63, 3.8) is 0 Å². The third-order valence-corrected chi connectivity index (χ3v) is 13.5. The van der Waals surface area contributed by atoms with Gasteiger partial charge in [-0.05, 0) is 38.7 Å². The molecule has 54 heavy (non-hydrogen) atoms. The van der Waals surface area contributed by atoms with Gasteiger partial charge in [-0.1, -0.05) is 40.4 Å². The zero-order valence-corrected chi connectivity index (χ0v) is 32.6. The van der Waals surface area contributed by atoms with Crippen LogP contribution < -0.4 is 0 Å². The van der Waals surface area contributed by atoms with Gasteiger partial charge in [0.2, 0.25) is 0 Å². The highest BCUT2D eigenvalue weighted by molar-refractivity contribution is 6.79. The minimum atomic E-state index is -6.33. The largest absolute Gasteiger partial charge is 0.469 e. The highest BCUT2D eigenvalue weighted by atomic mass is 28.3. The molecule has 9 nitrogen and oxygen atoms in total. The van der Waals surface area contributed by atoms with E-state index in [-0.39, 0.29) is 18.1 Å². The molecule has 0 aliphatic carbocycles. The summed E-state index contributed by atoms with van der Waals surface area (Å²) in [5.74, 6) is -12.5. The molecule has 0 radical (unpaired) electrons. The summed E-state index contributed by atoms with van der Waals surface area (Å²) in [7, 11) is -0.787. The van der Waals surface area contributed by atoms with Crippen LogP contribution in [0.2, 0.25) is 24.7 Å². The molecule has 0 saturated carbocycles. The third kappa shape index (κ3) is 15.8. The number of rotatable bonds is 18. The molecule has 4 atom stereocenters. The van der Waals surface area contributed by atoms with Crippen molar-refractivity contribution in [1.29, 1.82) is 0 Å². The van der Waals surface area contributed by atoms with Gasteiger partial charge in [0.05, 0.1) is 30.5 Å². The third-order valence-electron chi connectivity index (χ3n) is 9.22. The van der Waals surface area contributed by atoms with Crippen molar-refractivity contribution in [2.75, 3.05) is 13.7 Å². The van der Waals surface area contributed by atoms with Gasteiger partial charge in [-0.3, -0.25) is 19.2 Å². The molecule has 0 saturated heterocycles. The van der Waals surface area contributed by atoms with Crippen LogP contribution in [0.4, 0.5) is 52.7 Å². The van der Waals surface area contributed by atoms with Crippen LogP contribution in [0.1, 0.15) is 74.1 Å². The molecule has 0 rings (SSSR count). The number of carbonyl (C=O) groups excluding carboxylic acids is 4. The Morgan fingerprint density at radius 2 is 1.06 bits per heavy atom. The van der Waals surface area contributed by atoms with Crippen LogP contribution in [0.15, 0.2) is 0 Å². The molecule has 0 amide bonds. The maximum absolute atomic E-state index is 13.4. The number of esters is 4. The first-order valence-electron chi connectivity index (χ1n) is 16.3. The van der Waals surface area contributed by atoms with Crippen molar-refractivity contribution < 1.29 is 95.5 Å². The average Bonchev–Trinajstić information content (AvgIpc) is 2.92. The van der Waals surface area contributed by atoms with Crippen molar-refractivity contribution in [3.05, 3.63) is 0 Å². The van der Waals surface area contributed by atoms with Crippen LogP contribution in [0.3, 0.4) is 0 Å².